The van der Waals surface area contributed by atoms with Crippen molar-refractivity contribution in [3.63, 3.8) is 0 Å². The van der Waals surface area contributed by atoms with Crippen molar-refractivity contribution in [3.8, 4) is 0 Å². The van der Waals surface area contributed by atoms with E-state index in [0.717, 1.165) is 12.8 Å². The Bertz CT molecular complexity index is 627. The maximum atomic E-state index is 12.3. The fourth-order valence-corrected chi connectivity index (χ4v) is 3.07. The molecule has 0 aliphatic carbocycles. The highest BCUT2D eigenvalue weighted by Gasteiger charge is 2.16. The molecule has 30 heavy (non-hydrogen) atoms. The van der Waals surface area contributed by atoms with Crippen molar-refractivity contribution in [2.45, 2.75) is 58.3 Å². The Morgan fingerprint density at radius 3 is 1.80 bits per heavy atom. The van der Waals surface area contributed by atoms with Crippen LogP contribution in [0.1, 0.15) is 68.6 Å². The van der Waals surface area contributed by atoms with E-state index in [9.17, 15) is 14.4 Å². The summed E-state index contributed by atoms with van der Waals surface area (Å²) in [5, 5.41) is 2.94. The Kier molecular flexibility index (Phi) is 13.0. The Labute approximate surface area is 180 Å². The van der Waals surface area contributed by atoms with Crippen molar-refractivity contribution in [2.75, 3.05) is 38.8 Å². The van der Waals surface area contributed by atoms with Gasteiger partial charge in [-0.1, -0.05) is 51.9 Å². The lowest BCUT2D eigenvalue weighted by atomic mass is 10.1. The predicted molar refractivity (Wildman–Crippen MR) is 118 cm³/mol. The van der Waals surface area contributed by atoms with Crippen molar-refractivity contribution < 1.29 is 23.9 Å². The number of ether oxygens (including phenoxy) is 2. The van der Waals surface area contributed by atoms with Crippen LogP contribution in [0, 0.1) is 0 Å². The molecule has 1 aromatic carbocycles. The summed E-state index contributed by atoms with van der Waals surface area (Å²) in [6, 6.07) is 6.77. The molecule has 0 aliphatic rings. The van der Waals surface area contributed by atoms with E-state index < -0.39 is 11.9 Å². The van der Waals surface area contributed by atoms with Crippen LogP contribution in [0.4, 0.5) is 5.69 Å². The summed E-state index contributed by atoms with van der Waals surface area (Å²) < 4.78 is 9.36. The number of carbonyl (C=O) groups is 3. The topological polar surface area (TPSA) is 84.9 Å². The van der Waals surface area contributed by atoms with E-state index in [4.69, 9.17) is 0 Å². The Morgan fingerprint density at radius 1 is 0.800 bits per heavy atom. The molecule has 0 aromatic heterocycles. The van der Waals surface area contributed by atoms with Gasteiger partial charge in [0.25, 0.3) is 5.91 Å². The zero-order valence-electron chi connectivity index (χ0n) is 18.6. The third kappa shape index (κ3) is 10.3. The molecule has 168 valence electrons. The highest BCUT2D eigenvalue weighted by atomic mass is 16.5. The van der Waals surface area contributed by atoms with Gasteiger partial charge in [-0.2, -0.15) is 0 Å². The highest BCUT2D eigenvalue weighted by molar-refractivity contribution is 5.94. The molecular weight excluding hydrogens is 384 g/mol. The molecule has 0 atom stereocenters. The molecule has 0 fully saturated rings. The van der Waals surface area contributed by atoms with Crippen LogP contribution in [0.15, 0.2) is 24.3 Å². The monoisotopic (exact) mass is 420 g/mol. The largest absolute Gasteiger partial charge is 0.468 e. The van der Waals surface area contributed by atoms with Crippen molar-refractivity contribution in [3.05, 3.63) is 29.8 Å². The first-order chi connectivity index (χ1) is 14.5. The Morgan fingerprint density at radius 2 is 1.30 bits per heavy atom. The maximum Gasteiger partial charge on any atom is 0.325 e. The van der Waals surface area contributed by atoms with Gasteiger partial charge in [-0.15, -0.1) is 0 Å². The van der Waals surface area contributed by atoms with E-state index in [1.807, 2.05) is 0 Å². The third-order valence-corrected chi connectivity index (χ3v) is 4.91. The molecule has 0 saturated heterocycles. The average Bonchev–Trinajstić information content (AvgIpc) is 2.77. The summed E-state index contributed by atoms with van der Waals surface area (Å²) in [6.07, 6.45) is 9.79. The molecule has 1 rings (SSSR count). The second kappa shape index (κ2) is 15.3. The molecule has 0 radical (unpaired) electrons. The van der Waals surface area contributed by atoms with Crippen molar-refractivity contribution in [1.29, 1.82) is 0 Å². The maximum absolute atomic E-state index is 12.3. The zero-order valence-corrected chi connectivity index (χ0v) is 18.6. The predicted octanol–water partition coefficient (Wildman–Crippen LogP) is 3.71. The molecule has 0 heterocycles. The zero-order chi connectivity index (χ0) is 22.2. The van der Waals surface area contributed by atoms with Gasteiger partial charge >= 0.3 is 11.9 Å². The average molecular weight is 421 g/mol. The van der Waals surface area contributed by atoms with Crippen LogP contribution >= 0.6 is 0 Å². The normalized spacial score (nSPS) is 10.4. The molecule has 7 heteroatoms. The molecule has 1 aromatic rings. The van der Waals surface area contributed by atoms with Gasteiger partial charge in [0.2, 0.25) is 0 Å². The second-order valence-electron chi connectivity index (χ2n) is 7.29. The van der Waals surface area contributed by atoms with E-state index in [-0.39, 0.29) is 19.0 Å². The Hall–Kier alpha value is -2.57. The van der Waals surface area contributed by atoms with Gasteiger partial charge in [0.15, 0.2) is 0 Å². The molecule has 1 N–H and O–H groups in total. The standard InChI is InChI=1S/C23H36N2O5/c1-4-5-6-7-8-9-10-11-16-24-23(28)19-12-14-20(15-13-19)25(17-21(26)29-2)18-22(27)30-3/h12-15H,4-11,16-18H2,1-3H3,(H,24,28). The number of methoxy groups -OCH3 is 2. The number of carbonyl (C=O) groups excluding carboxylic acids is 3. The molecule has 7 nitrogen and oxygen atoms in total. The van der Waals surface area contributed by atoms with E-state index in [1.165, 1.54) is 52.7 Å². The SMILES string of the molecule is CCCCCCCCCCNC(=O)c1ccc(N(CC(=O)OC)CC(=O)OC)cc1. The number of nitrogens with one attached hydrogen (secondary N) is 1. The molecule has 0 spiro atoms. The van der Waals surface area contributed by atoms with Crippen LogP contribution in [-0.4, -0.2) is 51.7 Å². The van der Waals surface area contributed by atoms with Crippen molar-refractivity contribution in [2.24, 2.45) is 0 Å². The molecule has 0 unspecified atom stereocenters. The summed E-state index contributed by atoms with van der Waals surface area (Å²) in [4.78, 5) is 37.1. The van der Waals surface area contributed by atoms with Crippen LogP contribution in [0.3, 0.4) is 0 Å². The molecule has 1 amide bonds. The third-order valence-electron chi connectivity index (χ3n) is 4.91. The van der Waals surface area contributed by atoms with E-state index >= 15 is 0 Å². The summed E-state index contributed by atoms with van der Waals surface area (Å²) in [5.74, 6) is -1.06. The number of hydrogen-bond donors (Lipinski definition) is 1. The fraction of sp³-hybridized carbons (Fsp3) is 0.609. The van der Waals surface area contributed by atoms with Gasteiger partial charge in [0, 0.05) is 17.8 Å². The number of rotatable bonds is 15. The molecule has 0 saturated carbocycles. The van der Waals surface area contributed by atoms with Crippen LogP contribution < -0.4 is 10.2 Å². The number of hydrogen-bond acceptors (Lipinski definition) is 6. The summed E-state index contributed by atoms with van der Waals surface area (Å²) in [6.45, 7) is 2.70. The molecule has 0 bridgehead atoms. The lowest BCUT2D eigenvalue weighted by molar-refractivity contribution is -0.140. The van der Waals surface area contributed by atoms with Gasteiger partial charge in [-0.05, 0) is 30.7 Å². The van der Waals surface area contributed by atoms with E-state index in [2.05, 4.69) is 21.7 Å². The first-order valence-electron chi connectivity index (χ1n) is 10.8. The minimum Gasteiger partial charge on any atom is -0.468 e. The van der Waals surface area contributed by atoms with Gasteiger partial charge in [0.1, 0.15) is 13.1 Å². The Balaban J connectivity index is 2.45. The van der Waals surface area contributed by atoms with Crippen LogP contribution in [0.25, 0.3) is 0 Å². The number of esters is 2. The molecular formula is C23H36N2O5. The minimum atomic E-state index is -0.467. The van der Waals surface area contributed by atoms with Crippen molar-refractivity contribution in [1.82, 2.24) is 5.32 Å². The lowest BCUT2D eigenvalue weighted by Gasteiger charge is -2.22. The summed E-state index contributed by atoms with van der Waals surface area (Å²) >= 11 is 0. The summed E-state index contributed by atoms with van der Waals surface area (Å²) in [5.41, 5.74) is 1.17. The van der Waals surface area contributed by atoms with Crippen LogP contribution in [0.5, 0.6) is 0 Å². The number of amides is 1. The smallest absolute Gasteiger partial charge is 0.325 e. The van der Waals surface area contributed by atoms with Crippen LogP contribution in [0.2, 0.25) is 0 Å². The lowest BCUT2D eigenvalue weighted by Crippen LogP contribution is -2.35. The van der Waals surface area contributed by atoms with Crippen molar-refractivity contribution >= 4 is 23.5 Å². The number of nitrogens with zero attached hydrogens (tertiary/aromatic N) is 1. The number of benzene rings is 1. The van der Waals surface area contributed by atoms with Crippen LogP contribution in [-0.2, 0) is 19.1 Å². The first kappa shape index (κ1) is 25.5. The summed E-state index contributed by atoms with van der Waals surface area (Å²) in [7, 11) is 2.58. The van der Waals surface area contributed by atoms with Gasteiger partial charge < -0.3 is 19.7 Å². The first-order valence-corrected chi connectivity index (χ1v) is 10.8. The van der Waals surface area contributed by atoms with E-state index in [1.54, 1.807) is 29.2 Å². The minimum absolute atomic E-state index is 0.0877. The molecule has 0 aliphatic heterocycles. The van der Waals surface area contributed by atoms with Gasteiger partial charge in [-0.3, -0.25) is 14.4 Å². The number of unbranched alkanes of at least 4 members (excludes halogenated alkanes) is 7. The second-order valence-corrected chi connectivity index (χ2v) is 7.29. The quantitative estimate of drug-likeness (QED) is 0.344. The van der Waals surface area contributed by atoms with E-state index in [0.29, 0.717) is 17.8 Å². The number of anilines is 1. The van der Waals surface area contributed by atoms with Gasteiger partial charge in [0.05, 0.1) is 14.2 Å². The highest BCUT2D eigenvalue weighted by Crippen LogP contribution is 2.16. The van der Waals surface area contributed by atoms with Gasteiger partial charge in [-0.25, -0.2) is 0 Å². The fourth-order valence-electron chi connectivity index (χ4n) is 3.07.